The number of rotatable bonds is 0. The van der Waals surface area contributed by atoms with Gasteiger partial charge in [0.1, 0.15) is 0 Å². The monoisotopic (exact) mass is 252 g/mol. The summed E-state index contributed by atoms with van der Waals surface area (Å²) in [6.45, 7) is 0. The van der Waals surface area contributed by atoms with E-state index >= 15 is 0 Å². The maximum Gasteiger partial charge on any atom is 0.0931 e. The minimum atomic E-state index is 1.03. The first kappa shape index (κ1) is 11.0. The fourth-order valence-corrected chi connectivity index (χ4v) is 2.58. The molecule has 2 heterocycles. The molecule has 4 rings (SSSR count). The Morgan fingerprint density at radius 1 is 0.833 bits per heavy atom. The van der Waals surface area contributed by atoms with Gasteiger partial charge in [0.05, 0.1) is 17.4 Å². The number of para-hydroxylation sites is 2. The highest BCUT2D eigenvalue weighted by Gasteiger charge is 1.88. The lowest BCUT2D eigenvalue weighted by Gasteiger charge is -1.82. The van der Waals surface area contributed by atoms with E-state index in [1.165, 1.54) is 10.8 Å². The molecule has 3 heteroatoms. The van der Waals surface area contributed by atoms with Gasteiger partial charge in [0.2, 0.25) is 0 Å². The number of aromatic amines is 1. The summed E-state index contributed by atoms with van der Waals surface area (Å²) in [4.78, 5) is 7.07. The molecule has 18 heavy (non-hydrogen) atoms. The molecular formula is C15H12N2S. The minimum absolute atomic E-state index is 1.03. The second kappa shape index (κ2) is 5.02. The molecule has 4 aromatic rings. The van der Waals surface area contributed by atoms with E-state index in [0.29, 0.717) is 0 Å². The normalized spacial score (nSPS) is 10.2. The van der Waals surface area contributed by atoms with Gasteiger partial charge in [-0.2, -0.15) is 11.3 Å². The highest BCUT2D eigenvalue weighted by molar-refractivity contribution is 7.09. The standard InChI is InChI=1S/C8H6S.C7H6N2/c1-2-4-8-6-9-5-7(8)3-1;1-2-4-7-6(3-1)8-5-9-7/h1-6H;1-5H,(H,8,9). The first-order chi connectivity index (χ1) is 8.93. The van der Waals surface area contributed by atoms with Crippen molar-refractivity contribution < 1.29 is 0 Å². The van der Waals surface area contributed by atoms with Crippen molar-refractivity contribution in [3.05, 3.63) is 65.6 Å². The Hall–Kier alpha value is -2.13. The van der Waals surface area contributed by atoms with Crippen molar-refractivity contribution in [2.45, 2.75) is 0 Å². The maximum atomic E-state index is 4.06. The van der Waals surface area contributed by atoms with E-state index in [-0.39, 0.29) is 0 Å². The second-order valence-electron chi connectivity index (χ2n) is 3.92. The molecule has 0 atom stereocenters. The Bertz CT molecular complexity index is 628. The van der Waals surface area contributed by atoms with Crippen LogP contribution in [0, 0.1) is 0 Å². The lowest BCUT2D eigenvalue weighted by Crippen LogP contribution is -1.63. The number of hydrogen-bond donors (Lipinski definition) is 1. The fraction of sp³-hybridized carbons (Fsp3) is 0. The molecule has 0 aliphatic carbocycles. The maximum absolute atomic E-state index is 4.06. The quantitative estimate of drug-likeness (QED) is 0.491. The van der Waals surface area contributed by atoms with E-state index in [4.69, 9.17) is 0 Å². The van der Waals surface area contributed by atoms with Gasteiger partial charge in [0.15, 0.2) is 0 Å². The number of fused-ring (bicyclic) bond motifs is 2. The molecule has 0 unspecified atom stereocenters. The van der Waals surface area contributed by atoms with E-state index in [0.717, 1.165) is 11.0 Å². The van der Waals surface area contributed by atoms with Crippen molar-refractivity contribution in [1.82, 2.24) is 9.97 Å². The highest BCUT2D eigenvalue weighted by atomic mass is 32.1. The van der Waals surface area contributed by atoms with Crippen LogP contribution in [-0.4, -0.2) is 9.97 Å². The van der Waals surface area contributed by atoms with E-state index in [1.54, 1.807) is 17.7 Å². The summed E-state index contributed by atoms with van der Waals surface area (Å²) in [5.74, 6) is 0. The number of H-pyrrole nitrogens is 1. The summed E-state index contributed by atoms with van der Waals surface area (Å²) >= 11 is 1.75. The third-order valence-corrected chi connectivity index (χ3v) is 3.49. The zero-order chi connectivity index (χ0) is 12.2. The molecule has 0 saturated heterocycles. The molecule has 0 fully saturated rings. The Morgan fingerprint density at radius 2 is 1.50 bits per heavy atom. The van der Waals surface area contributed by atoms with Crippen LogP contribution in [0.2, 0.25) is 0 Å². The Labute approximate surface area is 109 Å². The number of thiophene rings is 1. The number of nitrogens with zero attached hydrogens (tertiary/aromatic N) is 1. The molecule has 0 aliphatic rings. The zero-order valence-corrected chi connectivity index (χ0v) is 10.5. The lowest BCUT2D eigenvalue weighted by atomic mass is 10.2. The Kier molecular flexibility index (Phi) is 3.07. The molecule has 2 aromatic carbocycles. The van der Waals surface area contributed by atoms with Crippen LogP contribution >= 0.6 is 11.3 Å². The number of nitrogens with one attached hydrogen (secondary N) is 1. The van der Waals surface area contributed by atoms with Gasteiger partial charge in [0, 0.05) is 0 Å². The summed E-state index contributed by atoms with van der Waals surface area (Å²) < 4.78 is 0. The van der Waals surface area contributed by atoms with Gasteiger partial charge in [-0.3, -0.25) is 0 Å². The van der Waals surface area contributed by atoms with Gasteiger partial charge in [-0.25, -0.2) is 4.98 Å². The van der Waals surface area contributed by atoms with Crippen molar-refractivity contribution in [1.29, 1.82) is 0 Å². The highest BCUT2D eigenvalue weighted by Crippen LogP contribution is 2.17. The van der Waals surface area contributed by atoms with Gasteiger partial charge < -0.3 is 4.98 Å². The predicted octanol–water partition coefficient (Wildman–Crippen LogP) is 4.46. The molecule has 0 bridgehead atoms. The van der Waals surface area contributed by atoms with Gasteiger partial charge >= 0.3 is 0 Å². The van der Waals surface area contributed by atoms with Crippen molar-refractivity contribution in [3.8, 4) is 0 Å². The smallest absolute Gasteiger partial charge is 0.0931 e. The van der Waals surface area contributed by atoms with Crippen molar-refractivity contribution in [3.63, 3.8) is 0 Å². The number of hydrogen-bond acceptors (Lipinski definition) is 2. The van der Waals surface area contributed by atoms with E-state index < -0.39 is 0 Å². The van der Waals surface area contributed by atoms with E-state index in [2.05, 4.69) is 45.0 Å². The first-order valence-corrected chi connectivity index (χ1v) is 6.67. The Balaban J connectivity index is 0.000000111. The average Bonchev–Trinajstić information content (AvgIpc) is 3.08. The molecule has 2 nitrogen and oxygen atoms in total. The molecule has 0 aliphatic heterocycles. The molecule has 88 valence electrons. The topological polar surface area (TPSA) is 28.7 Å². The van der Waals surface area contributed by atoms with Crippen molar-refractivity contribution in [2.24, 2.45) is 0 Å². The van der Waals surface area contributed by atoms with Crippen LogP contribution in [0.15, 0.2) is 65.6 Å². The molecule has 0 spiro atoms. The van der Waals surface area contributed by atoms with Gasteiger partial charge in [-0.15, -0.1) is 0 Å². The van der Waals surface area contributed by atoms with Crippen LogP contribution in [0.5, 0.6) is 0 Å². The summed E-state index contributed by atoms with van der Waals surface area (Å²) in [5, 5.41) is 7.02. The summed E-state index contributed by atoms with van der Waals surface area (Å²) in [6.07, 6.45) is 1.70. The van der Waals surface area contributed by atoms with E-state index in [9.17, 15) is 0 Å². The van der Waals surface area contributed by atoms with Gasteiger partial charge in [-0.1, -0.05) is 36.4 Å². The third kappa shape index (κ3) is 2.26. The molecule has 0 amide bonds. The van der Waals surface area contributed by atoms with Crippen LogP contribution in [0.25, 0.3) is 21.8 Å². The molecule has 0 radical (unpaired) electrons. The summed E-state index contributed by atoms with van der Waals surface area (Å²) in [5.41, 5.74) is 2.12. The SMILES string of the molecule is c1ccc2[nH]cnc2c1.c1ccc2cscc2c1. The molecular weight excluding hydrogens is 240 g/mol. The number of aromatic nitrogens is 2. The summed E-state index contributed by atoms with van der Waals surface area (Å²) in [7, 11) is 0. The zero-order valence-electron chi connectivity index (χ0n) is 9.71. The van der Waals surface area contributed by atoms with Crippen LogP contribution < -0.4 is 0 Å². The molecule has 1 N–H and O–H groups in total. The van der Waals surface area contributed by atoms with Crippen LogP contribution in [0.1, 0.15) is 0 Å². The second-order valence-corrected chi connectivity index (χ2v) is 4.66. The first-order valence-electron chi connectivity index (χ1n) is 5.72. The van der Waals surface area contributed by atoms with Gasteiger partial charge in [0.25, 0.3) is 0 Å². The Morgan fingerprint density at radius 3 is 2.22 bits per heavy atom. The minimum Gasteiger partial charge on any atom is -0.345 e. The van der Waals surface area contributed by atoms with Gasteiger partial charge in [-0.05, 0) is 33.7 Å². The van der Waals surface area contributed by atoms with Crippen LogP contribution in [-0.2, 0) is 0 Å². The predicted molar refractivity (Wildman–Crippen MR) is 77.9 cm³/mol. The lowest BCUT2D eigenvalue weighted by molar-refractivity contribution is 1.34. The van der Waals surface area contributed by atoms with Crippen molar-refractivity contribution in [2.75, 3.05) is 0 Å². The van der Waals surface area contributed by atoms with Crippen molar-refractivity contribution >= 4 is 33.1 Å². The third-order valence-electron chi connectivity index (χ3n) is 2.71. The van der Waals surface area contributed by atoms with E-state index in [1.807, 2.05) is 24.3 Å². The van der Waals surface area contributed by atoms with Crippen LogP contribution in [0.4, 0.5) is 0 Å². The number of benzene rings is 2. The van der Waals surface area contributed by atoms with Crippen LogP contribution in [0.3, 0.4) is 0 Å². The summed E-state index contributed by atoms with van der Waals surface area (Å²) in [6, 6.07) is 16.3. The largest absolute Gasteiger partial charge is 0.345 e. The molecule has 2 aromatic heterocycles. The molecule has 0 saturated carbocycles. The average molecular weight is 252 g/mol. The number of imidazole rings is 1. The fourth-order valence-electron chi connectivity index (χ4n) is 1.79.